The highest BCUT2D eigenvalue weighted by molar-refractivity contribution is 8.00. The lowest BCUT2D eigenvalue weighted by molar-refractivity contribution is -0.118. The molecular formula is C18H26N2O2S. The second kappa shape index (κ2) is 9.73. The van der Waals surface area contributed by atoms with Crippen LogP contribution in [0.1, 0.15) is 30.1 Å². The lowest BCUT2D eigenvalue weighted by Gasteiger charge is -2.30. The predicted octanol–water partition coefficient (Wildman–Crippen LogP) is 2.45. The van der Waals surface area contributed by atoms with E-state index in [1.54, 1.807) is 0 Å². The van der Waals surface area contributed by atoms with Crippen LogP contribution in [-0.4, -0.2) is 54.3 Å². The van der Waals surface area contributed by atoms with Crippen LogP contribution in [0.25, 0.3) is 0 Å². The van der Waals surface area contributed by atoms with Gasteiger partial charge in [-0.25, -0.2) is 0 Å². The molecular weight excluding hydrogens is 308 g/mol. The van der Waals surface area contributed by atoms with Gasteiger partial charge in [-0.1, -0.05) is 37.3 Å². The molecule has 0 bridgehead atoms. The lowest BCUT2D eigenvalue weighted by Crippen LogP contribution is -2.40. The zero-order valence-corrected chi connectivity index (χ0v) is 14.6. The van der Waals surface area contributed by atoms with Crippen molar-refractivity contribution in [3.8, 4) is 0 Å². The summed E-state index contributed by atoms with van der Waals surface area (Å²) in [5.74, 6) is 1.54. The predicted molar refractivity (Wildman–Crippen MR) is 95.9 cm³/mol. The number of Topliss-reactive ketones (excluding diaryl/α,β-unsaturated/α-hetero) is 1. The van der Waals surface area contributed by atoms with Crippen molar-refractivity contribution in [1.82, 2.24) is 10.2 Å². The maximum absolute atomic E-state index is 11.9. The number of thioether (sulfide) groups is 1. The zero-order chi connectivity index (χ0) is 16.5. The topological polar surface area (TPSA) is 49.4 Å². The number of nitrogens with zero attached hydrogens (tertiary/aromatic N) is 1. The van der Waals surface area contributed by atoms with Crippen LogP contribution in [-0.2, 0) is 4.79 Å². The zero-order valence-electron chi connectivity index (χ0n) is 13.8. The monoisotopic (exact) mass is 334 g/mol. The summed E-state index contributed by atoms with van der Waals surface area (Å²) in [6.07, 6.45) is 2.57. The second-order valence-corrected chi connectivity index (χ2v) is 7.17. The molecule has 5 heteroatoms. The molecule has 0 spiro atoms. The summed E-state index contributed by atoms with van der Waals surface area (Å²) in [5, 5.41) is 2.95. The van der Waals surface area contributed by atoms with Crippen molar-refractivity contribution in [2.24, 2.45) is 5.92 Å². The minimum absolute atomic E-state index is 0.0147. The summed E-state index contributed by atoms with van der Waals surface area (Å²) in [5.41, 5.74) is 0.708. The van der Waals surface area contributed by atoms with Gasteiger partial charge in [-0.2, -0.15) is 0 Å². The Hall–Kier alpha value is -1.33. The van der Waals surface area contributed by atoms with E-state index in [-0.39, 0.29) is 11.7 Å². The molecule has 1 N–H and O–H groups in total. The number of carbonyl (C=O) groups is 2. The summed E-state index contributed by atoms with van der Waals surface area (Å²) < 4.78 is 0. The van der Waals surface area contributed by atoms with Gasteiger partial charge in [0.25, 0.3) is 0 Å². The van der Waals surface area contributed by atoms with E-state index >= 15 is 0 Å². The largest absolute Gasteiger partial charge is 0.354 e. The normalized spacial score (nSPS) is 18.6. The molecule has 1 aliphatic heterocycles. The van der Waals surface area contributed by atoms with Gasteiger partial charge in [0.05, 0.1) is 11.5 Å². The summed E-state index contributed by atoms with van der Waals surface area (Å²) >= 11 is 1.38. The maximum Gasteiger partial charge on any atom is 0.230 e. The number of ketones is 1. The van der Waals surface area contributed by atoms with Gasteiger partial charge in [0.1, 0.15) is 0 Å². The quantitative estimate of drug-likeness (QED) is 0.742. The Bertz CT molecular complexity index is 507. The van der Waals surface area contributed by atoms with Crippen LogP contribution in [0.2, 0.25) is 0 Å². The van der Waals surface area contributed by atoms with E-state index in [4.69, 9.17) is 0 Å². The van der Waals surface area contributed by atoms with Crippen LogP contribution in [0.15, 0.2) is 30.3 Å². The van der Waals surface area contributed by atoms with Crippen LogP contribution in [0.4, 0.5) is 0 Å². The standard InChI is InChI=1S/C18H26N2O2S/c1-15-6-5-10-20(12-15)11-9-19-18(22)14-23-13-17(21)16-7-3-2-4-8-16/h2-4,7-8,15H,5-6,9-14H2,1H3,(H,19,22). The Morgan fingerprint density at radius 3 is 2.78 bits per heavy atom. The Labute approximate surface area is 143 Å². The Kier molecular flexibility index (Phi) is 7.62. The molecule has 1 aromatic rings. The Morgan fingerprint density at radius 2 is 2.04 bits per heavy atom. The molecule has 1 amide bonds. The van der Waals surface area contributed by atoms with Crippen molar-refractivity contribution in [2.75, 3.05) is 37.7 Å². The van der Waals surface area contributed by atoms with Crippen molar-refractivity contribution in [1.29, 1.82) is 0 Å². The van der Waals surface area contributed by atoms with Crippen molar-refractivity contribution in [3.05, 3.63) is 35.9 Å². The van der Waals surface area contributed by atoms with E-state index in [0.29, 0.717) is 23.6 Å². The molecule has 1 heterocycles. The number of rotatable bonds is 8. The third-order valence-electron chi connectivity index (χ3n) is 4.05. The van der Waals surface area contributed by atoms with Crippen LogP contribution in [0, 0.1) is 5.92 Å². The molecule has 1 fully saturated rings. The number of hydrogen-bond acceptors (Lipinski definition) is 4. The second-order valence-electron chi connectivity index (χ2n) is 6.18. The minimum atomic E-state index is 0.0147. The van der Waals surface area contributed by atoms with Crippen molar-refractivity contribution in [2.45, 2.75) is 19.8 Å². The van der Waals surface area contributed by atoms with E-state index in [2.05, 4.69) is 17.1 Å². The summed E-state index contributed by atoms with van der Waals surface area (Å²) in [6.45, 7) is 6.17. The molecule has 0 aliphatic carbocycles. The smallest absolute Gasteiger partial charge is 0.230 e. The number of nitrogens with one attached hydrogen (secondary N) is 1. The number of benzene rings is 1. The number of piperidine rings is 1. The third-order valence-corrected chi connectivity index (χ3v) is 4.99. The van der Waals surface area contributed by atoms with Gasteiger partial charge in [0, 0.05) is 25.2 Å². The highest BCUT2D eigenvalue weighted by atomic mass is 32.2. The maximum atomic E-state index is 11.9. The fourth-order valence-corrected chi connectivity index (χ4v) is 3.58. The van der Waals surface area contributed by atoms with Gasteiger partial charge in [0.15, 0.2) is 5.78 Å². The first-order valence-electron chi connectivity index (χ1n) is 8.30. The molecule has 0 saturated carbocycles. The summed E-state index contributed by atoms with van der Waals surface area (Å²) in [6, 6.07) is 9.21. The average Bonchev–Trinajstić information content (AvgIpc) is 2.55. The number of hydrogen-bond donors (Lipinski definition) is 1. The van der Waals surface area contributed by atoms with Gasteiger partial charge in [-0.3, -0.25) is 9.59 Å². The molecule has 4 nitrogen and oxygen atoms in total. The molecule has 2 rings (SSSR count). The van der Waals surface area contributed by atoms with Crippen LogP contribution >= 0.6 is 11.8 Å². The fourth-order valence-electron chi connectivity index (χ4n) is 2.84. The van der Waals surface area contributed by atoms with Gasteiger partial charge < -0.3 is 10.2 Å². The molecule has 1 unspecified atom stereocenters. The van der Waals surface area contributed by atoms with E-state index in [1.807, 2.05) is 30.3 Å². The van der Waals surface area contributed by atoms with Crippen molar-refractivity contribution >= 4 is 23.5 Å². The van der Waals surface area contributed by atoms with Gasteiger partial charge in [-0.15, -0.1) is 11.8 Å². The number of amides is 1. The molecule has 23 heavy (non-hydrogen) atoms. The third kappa shape index (κ3) is 6.75. The highest BCUT2D eigenvalue weighted by Gasteiger charge is 2.15. The molecule has 0 aromatic heterocycles. The Balaban J connectivity index is 1.56. The van der Waals surface area contributed by atoms with Crippen molar-refractivity contribution < 1.29 is 9.59 Å². The molecule has 1 saturated heterocycles. The van der Waals surface area contributed by atoms with Crippen molar-refractivity contribution in [3.63, 3.8) is 0 Å². The first kappa shape index (κ1) is 18.0. The lowest BCUT2D eigenvalue weighted by atomic mass is 10.0. The number of carbonyl (C=O) groups excluding carboxylic acids is 2. The van der Waals surface area contributed by atoms with E-state index < -0.39 is 0 Å². The van der Waals surface area contributed by atoms with E-state index in [0.717, 1.165) is 25.6 Å². The molecule has 126 valence electrons. The highest BCUT2D eigenvalue weighted by Crippen LogP contribution is 2.14. The SMILES string of the molecule is CC1CCCN(CCNC(=O)CSCC(=O)c2ccccc2)C1. The minimum Gasteiger partial charge on any atom is -0.354 e. The first-order valence-corrected chi connectivity index (χ1v) is 9.45. The Morgan fingerprint density at radius 1 is 1.26 bits per heavy atom. The number of likely N-dealkylation sites (tertiary alicyclic amines) is 1. The molecule has 0 radical (unpaired) electrons. The van der Waals surface area contributed by atoms with Crippen LogP contribution in [0.5, 0.6) is 0 Å². The first-order chi connectivity index (χ1) is 11.1. The molecule has 1 atom stereocenters. The fraction of sp³-hybridized carbons (Fsp3) is 0.556. The summed E-state index contributed by atoms with van der Waals surface area (Å²) in [4.78, 5) is 26.1. The van der Waals surface area contributed by atoms with Gasteiger partial charge in [-0.05, 0) is 25.3 Å². The molecule has 1 aliphatic rings. The van der Waals surface area contributed by atoms with Gasteiger partial charge in [0.2, 0.25) is 5.91 Å². The van der Waals surface area contributed by atoms with Crippen LogP contribution in [0.3, 0.4) is 0 Å². The average molecular weight is 334 g/mol. The van der Waals surface area contributed by atoms with Gasteiger partial charge >= 0.3 is 0 Å². The summed E-state index contributed by atoms with van der Waals surface area (Å²) in [7, 11) is 0. The van der Waals surface area contributed by atoms with E-state index in [9.17, 15) is 9.59 Å². The van der Waals surface area contributed by atoms with Crippen LogP contribution < -0.4 is 5.32 Å². The van der Waals surface area contributed by atoms with E-state index in [1.165, 1.54) is 24.6 Å². The molecule has 1 aromatic carbocycles.